The number of carbonyl (C=O) groups excluding carboxylic acids is 2. The van der Waals surface area contributed by atoms with Crippen LogP contribution in [0, 0.1) is 5.92 Å². The minimum absolute atomic E-state index is 0.0418. The minimum Gasteiger partial charge on any atom is -0.449 e. The number of amides is 1. The number of hydrogen-bond acceptors (Lipinski definition) is 4. The molecular weight excluding hydrogens is 366 g/mol. The summed E-state index contributed by atoms with van der Waals surface area (Å²) < 4.78 is 5.52. The smallest absolute Gasteiger partial charge is 0.407 e. The second kappa shape index (κ2) is 9.05. The second-order valence-corrected chi connectivity index (χ2v) is 7.78. The summed E-state index contributed by atoms with van der Waals surface area (Å²) in [6, 6.07) is 15.5. The van der Waals surface area contributed by atoms with Crippen molar-refractivity contribution in [2.75, 3.05) is 13.2 Å². The molecule has 2 aromatic rings. The molecule has 2 aromatic carbocycles. The molecule has 0 saturated heterocycles. The number of alkyl carbamates (subject to hydrolysis) is 1. The van der Waals surface area contributed by atoms with Gasteiger partial charge < -0.3 is 15.2 Å². The van der Waals surface area contributed by atoms with E-state index in [9.17, 15) is 14.7 Å². The van der Waals surface area contributed by atoms with Crippen LogP contribution >= 0.6 is 0 Å². The molecule has 0 heterocycles. The molecule has 0 saturated carbocycles. The third kappa shape index (κ3) is 4.57. The maximum absolute atomic E-state index is 12.5. The zero-order valence-electron chi connectivity index (χ0n) is 16.9. The van der Waals surface area contributed by atoms with Crippen LogP contribution in [-0.2, 0) is 9.53 Å². The molecule has 0 bridgehead atoms. The standard InChI is InChI=1S/C24H27NO4/c1-15(2)12-22(23(27)16(3)13-26)25-24(28)29-14-21-19-10-6-4-8-17(19)18-9-5-7-11-20(18)21/h4-11,15,21-22,26H,3,12-14H2,1-2H3,(H,25,28)/t22-/m0/s1. The van der Waals surface area contributed by atoms with Crippen molar-refractivity contribution in [2.45, 2.75) is 32.2 Å². The van der Waals surface area contributed by atoms with E-state index in [1.165, 1.54) is 0 Å². The van der Waals surface area contributed by atoms with E-state index >= 15 is 0 Å². The van der Waals surface area contributed by atoms with Gasteiger partial charge in [0.25, 0.3) is 0 Å². The van der Waals surface area contributed by atoms with Crippen molar-refractivity contribution in [1.29, 1.82) is 0 Å². The fourth-order valence-corrected chi connectivity index (χ4v) is 3.81. The number of nitrogens with one attached hydrogen (secondary N) is 1. The molecule has 0 aromatic heterocycles. The maximum atomic E-state index is 12.5. The van der Waals surface area contributed by atoms with Crippen LogP contribution in [-0.4, -0.2) is 36.2 Å². The van der Waals surface area contributed by atoms with Crippen LogP contribution in [0.3, 0.4) is 0 Å². The molecule has 5 nitrogen and oxygen atoms in total. The molecule has 0 fully saturated rings. The van der Waals surface area contributed by atoms with Crippen molar-refractivity contribution < 1.29 is 19.4 Å². The highest BCUT2D eigenvalue weighted by molar-refractivity contribution is 6.00. The molecule has 1 atom stereocenters. The summed E-state index contributed by atoms with van der Waals surface area (Å²) in [6.07, 6.45) is -0.196. The van der Waals surface area contributed by atoms with Crippen LogP contribution < -0.4 is 5.32 Å². The highest BCUT2D eigenvalue weighted by Gasteiger charge is 2.30. The van der Waals surface area contributed by atoms with Gasteiger partial charge in [0.05, 0.1) is 12.6 Å². The fraction of sp³-hybridized carbons (Fsp3) is 0.333. The van der Waals surface area contributed by atoms with Gasteiger partial charge in [0, 0.05) is 11.5 Å². The van der Waals surface area contributed by atoms with E-state index in [1.807, 2.05) is 38.1 Å². The van der Waals surface area contributed by atoms with Crippen molar-refractivity contribution in [3.8, 4) is 11.1 Å². The molecule has 2 N–H and O–H groups in total. The molecule has 3 rings (SSSR count). The summed E-state index contributed by atoms with van der Waals surface area (Å²) >= 11 is 0. The number of rotatable bonds is 8. The number of ether oxygens (including phenoxy) is 1. The van der Waals surface area contributed by atoms with Gasteiger partial charge in [0.2, 0.25) is 0 Å². The Morgan fingerprint density at radius 1 is 1.07 bits per heavy atom. The number of aliphatic hydroxyl groups excluding tert-OH is 1. The van der Waals surface area contributed by atoms with Crippen LogP contribution in [0.25, 0.3) is 11.1 Å². The first kappa shape index (κ1) is 20.8. The molecule has 5 heteroatoms. The molecule has 1 aliphatic carbocycles. The second-order valence-electron chi connectivity index (χ2n) is 7.78. The van der Waals surface area contributed by atoms with Gasteiger partial charge in [-0.2, -0.15) is 0 Å². The Bertz CT molecular complexity index is 873. The summed E-state index contributed by atoms with van der Waals surface area (Å²) in [7, 11) is 0. The average Bonchev–Trinajstić information content (AvgIpc) is 3.04. The number of aliphatic hydroxyl groups is 1. The van der Waals surface area contributed by atoms with Gasteiger partial charge in [-0.3, -0.25) is 4.79 Å². The van der Waals surface area contributed by atoms with E-state index in [-0.39, 0.29) is 29.8 Å². The zero-order chi connectivity index (χ0) is 21.0. The Balaban J connectivity index is 1.70. The summed E-state index contributed by atoms with van der Waals surface area (Å²) in [5.41, 5.74) is 4.65. The van der Waals surface area contributed by atoms with Crippen LogP contribution in [0.4, 0.5) is 4.79 Å². The number of carbonyl (C=O) groups is 2. The molecule has 1 aliphatic rings. The maximum Gasteiger partial charge on any atom is 0.407 e. The fourth-order valence-electron chi connectivity index (χ4n) is 3.81. The Labute approximate surface area is 171 Å². The van der Waals surface area contributed by atoms with Gasteiger partial charge in [0.1, 0.15) is 6.61 Å². The van der Waals surface area contributed by atoms with Crippen molar-refractivity contribution in [3.63, 3.8) is 0 Å². The summed E-state index contributed by atoms with van der Waals surface area (Å²) in [5.74, 6) is -0.223. The number of Topliss-reactive ketones (excluding diaryl/α,β-unsaturated/α-hetero) is 1. The molecule has 0 aliphatic heterocycles. The topological polar surface area (TPSA) is 75.6 Å². The Hall–Kier alpha value is -2.92. The van der Waals surface area contributed by atoms with Crippen molar-refractivity contribution in [2.24, 2.45) is 5.92 Å². The Morgan fingerprint density at radius 3 is 2.14 bits per heavy atom. The monoisotopic (exact) mass is 393 g/mol. The first-order chi connectivity index (χ1) is 13.9. The van der Waals surface area contributed by atoms with Gasteiger partial charge in [0.15, 0.2) is 5.78 Å². The lowest BCUT2D eigenvalue weighted by Gasteiger charge is -2.21. The van der Waals surface area contributed by atoms with Crippen molar-refractivity contribution in [3.05, 3.63) is 71.8 Å². The van der Waals surface area contributed by atoms with E-state index < -0.39 is 18.7 Å². The van der Waals surface area contributed by atoms with Crippen LogP contribution in [0.2, 0.25) is 0 Å². The zero-order valence-corrected chi connectivity index (χ0v) is 16.9. The van der Waals surface area contributed by atoms with Crippen LogP contribution in [0.15, 0.2) is 60.7 Å². The molecule has 0 radical (unpaired) electrons. The number of hydrogen-bond donors (Lipinski definition) is 2. The minimum atomic E-state index is -0.759. The van der Waals surface area contributed by atoms with Gasteiger partial charge >= 0.3 is 6.09 Å². The van der Waals surface area contributed by atoms with E-state index in [2.05, 4.69) is 36.2 Å². The molecule has 29 heavy (non-hydrogen) atoms. The van der Waals surface area contributed by atoms with Gasteiger partial charge in [-0.1, -0.05) is 69.0 Å². The lowest BCUT2D eigenvalue weighted by Crippen LogP contribution is -2.43. The Kier molecular flexibility index (Phi) is 6.49. The van der Waals surface area contributed by atoms with Crippen LogP contribution in [0.5, 0.6) is 0 Å². The highest BCUT2D eigenvalue weighted by atomic mass is 16.5. The normalized spacial score (nSPS) is 13.5. The first-order valence-electron chi connectivity index (χ1n) is 9.86. The van der Waals surface area contributed by atoms with E-state index in [1.54, 1.807) is 0 Å². The van der Waals surface area contributed by atoms with Crippen molar-refractivity contribution in [1.82, 2.24) is 5.32 Å². The third-order valence-electron chi connectivity index (χ3n) is 5.20. The number of benzene rings is 2. The summed E-state index contributed by atoms with van der Waals surface area (Å²) in [5, 5.41) is 11.8. The van der Waals surface area contributed by atoms with Crippen LogP contribution in [0.1, 0.15) is 37.3 Å². The summed E-state index contributed by atoms with van der Waals surface area (Å²) in [6.45, 7) is 7.25. The SMILES string of the molecule is C=C(CO)C(=O)[C@H](CC(C)C)NC(=O)OCC1c2ccccc2-c2ccccc21. The molecule has 0 spiro atoms. The first-order valence-corrected chi connectivity index (χ1v) is 9.86. The molecule has 152 valence electrons. The number of ketones is 1. The molecule has 0 unspecified atom stereocenters. The van der Waals surface area contributed by atoms with E-state index in [0.29, 0.717) is 6.42 Å². The number of fused-ring (bicyclic) bond motifs is 3. The highest BCUT2D eigenvalue weighted by Crippen LogP contribution is 2.44. The lowest BCUT2D eigenvalue weighted by atomic mass is 9.97. The molecular formula is C24H27NO4. The quantitative estimate of drug-likeness (QED) is 0.663. The lowest BCUT2D eigenvalue weighted by molar-refractivity contribution is -0.118. The van der Waals surface area contributed by atoms with Gasteiger partial charge in [-0.15, -0.1) is 0 Å². The Morgan fingerprint density at radius 2 is 1.62 bits per heavy atom. The van der Waals surface area contributed by atoms with E-state index in [0.717, 1.165) is 22.3 Å². The predicted molar refractivity (Wildman–Crippen MR) is 113 cm³/mol. The van der Waals surface area contributed by atoms with Gasteiger partial charge in [-0.25, -0.2) is 4.79 Å². The third-order valence-corrected chi connectivity index (χ3v) is 5.20. The van der Waals surface area contributed by atoms with E-state index in [4.69, 9.17) is 4.74 Å². The molecule has 1 amide bonds. The van der Waals surface area contributed by atoms with Gasteiger partial charge in [-0.05, 0) is 34.6 Å². The largest absolute Gasteiger partial charge is 0.449 e. The predicted octanol–water partition coefficient (Wildman–Crippen LogP) is 4.06. The van der Waals surface area contributed by atoms with Crippen molar-refractivity contribution >= 4 is 11.9 Å². The summed E-state index contributed by atoms with van der Waals surface area (Å²) in [4.78, 5) is 24.9. The average molecular weight is 393 g/mol.